The molecule has 1 fully saturated rings. The summed E-state index contributed by atoms with van der Waals surface area (Å²) in [6.45, 7) is 4.96. The summed E-state index contributed by atoms with van der Waals surface area (Å²) < 4.78 is 30.2. The Bertz CT molecular complexity index is 907. The predicted molar refractivity (Wildman–Crippen MR) is 95.5 cm³/mol. The second-order valence-corrected chi connectivity index (χ2v) is 7.70. The minimum Gasteiger partial charge on any atom is -0.379 e. The summed E-state index contributed by atoms with van der Waals surface area (Å²) in [7, 11) is -2.19. The van der Waals surface area contributed by atoms with Crippen molar-refractivity contribution >= 4 is 21.8 Å². The van der Waals surface area contributed by atoms with Crippen molar-refractivity contribution in [2.75, 3.05) is 25.0 Å². The van der Waals surface area contributed by atoms with Gasteiger partial charge in [-0.2, -0.15) is 8.42 Å². The molecule has 7 heteroatoms. The number of aryl methyl sites for hydroxylation is 2. The first-order valence-electron chi connectivity index (χ1n) is 7.92. The van der Waals surface area contributed by atoms with Gasteiger partial charge in [0.05, 0.1) is 0 Å². The molecule has 0 N–H and O–H groups in total. The highest BCUT2D eigenvalue weighted by molar-refractivity contribution is 7.87. The van der Waals surface area contributed by atoms with Crippen LogP contribution in [0.25, 0.3) is 0 Å². The van der Waals surface area contributed by atoms with Crippen LogP contribution in [0.5, 0.6) is 5.75 Å². The average molecular weight is 360 g/mol. The third-order valence-corrected chi connectivity index (χ3v) is 5.43. The maximum Gasteiger partial charge on any atom is 0.339 e. The van der Waals surface area contributed by atoms with Crippen LogP contribution in [0.1, 0.15) is 11.1 Å². The zero-order valence-electron chi connectivity index (χ0n) is 14.4. The first-order chi connectivity index (χ1) is 11.8. The topological polar surface area (TPSA) is 66.9 Å². The molecule has 0 unspecified atom stereocenters. The number of benzene rings is 2. The number of rotatable bonds is 4. The molecule has 0 bridgehead atoms. The molecule has 0 aliphatic carbocycles. The van der Waals surface area contributed by atoms with Crippen LogP contribution in [0, 0.1) is 13.8 Å². The molecule has 0 aromatic heterocycles. The van der Waals surface area contributed by atoms with Crippen LogP contribution < -0.4 is 9.08 Å². The van der Waals surface area contributed by atoms with Crippen LogP contribution in [0.15, 0.2) is 47.4 Å². The molecule has 3 rings (SSSR count). The van der Waals surface area contributed by atoms with Crippen molar-refractivity contribution in [2.24, 2.45) is 0 Å². The van der Waals surface area contributed by atoms with Crippen LogP contribution in [-0.4, -0.2) is 39.5 Å². The normalized spacial score (nSPS) is 14.9. The zero-order valence-corrected chi connectivity index (χ0v) is 15.2. The van der Waals surface area contributed by atoms with Gasteiger partial charge >= 0.3 is 16.1 Å². The summed E-state index contributed by atoms with van der Waals surface area (Å²) in [5.74, 6) is 0.311. The number of hydrogen-bond donors (Lipinski definition) is 0. The van der Waals surface area contributed by atoms with Crippen molar-refractivity contribution in [1.82, 2.24) is 4.90 Å². The van der Waals surface area contributed by atoms with E-state index in [1.807, 2.05) is 13.0 Å². The van der Waals surface area contributed by atoms with Crippen LogP contribution >= 0.6 is 0 Å². The van der Waals surface area contributed by atoms with Crippen LogP contribution in [0.4, 0.5) is 10.5 Å². The number of nitrogens with zero attached hydrogens (tertiary/aromatic N) is 2. The van der Waals surface area contributed by atoms with E-state index in [4.69, 9.17) is 4.18 Å². The number of hydrogen-bond acceptors (Lipinski definition) is 4. The molecular weight excluding hydrogens is 340 g/mol. The molecule has 2 aromatic carbocycles. The minimum absolute atomic E-state index is 0.0521. The predicted octanol–water partition coefficient (Wildman–Crippen LogP) is 2.94. The van der Waals surface area contributed by atoms with Crippen molar-refractivity contribution < 1.29 is 17.4 Å². The monoisotopic (exact) mass is 360 g/mol. The van der Waals surface area contributed by atoms with Crippen LogP contribution in [0.3, 0.4) is 0 Å². The lowest BCUT2D eigenvalue weighted by molar-refractivity contribution is 0.229. The van der Waals surface area contributed by atoms with Crippen molar-refractivity contribution in [3.8, 4) is 5.75 Å². The van der Waals surface area contributed by atoms with E-state index in [0.717, 1.165) is 11.1 Å². The quantitative estimate of drug-likeness (QED) is 0.786. The largest absolute Gasteiger partial charge is 0.379 e. The van der Waals surface area contributed by atoms with Gasteiger partial charge in [0.25, 0.3) is 0 Å². The van der Waals surface area contributed by atoms with Crippen molar-refractivity contribution in [2.45, 2.75) is 18.7 Å². The number of amides is 2. The van der Waals surface area contributed by atoms with E-state index in [1.54, 1.807) is 48.0 Å². The van der Waals surface area contributed by atoms with Gasteiger partial charge in [-0.1, -0.05) is 17.7 Å². The Kier molecular flexibility index (Phi) is 4.43. The summed E-state index contributed by atoms with van der Waals surface area (Å²) in [6.07, 6.45) is 0. The molecule has 0 spiro atoms. The second-order valence-electron chi connectivity index (χ2n) is 6.16. The third-order valence-electron chi connectivity index (χ3n) is 4.18. The number of urea groups is 1. The molecule has 0 atom stereocenters. The van der Waals surface area contributed by atoms with Crippen molar-refractivity contribution in [3.63, 3.8) is 0 Å². The molecule has 1 aliphatic heterocycles. The Labute approximate surface area is 147 Å². The van der Waals surface area contributed by atoms with E-state index in [9.17, 15) is 13.2 Å². The summed E-state index contributed by atoms with van der Waals surface area (Å²) in [4.78, 5) is 15.3. The summed E-state index contributed by atoms with van der Waals surface area (Å²) >= 11 is 0. The van der Waals surface area contributed by atoms with E-state index in [2.05, 4.69) is 0 Å². The SMILES string of the molecule is Cc1ccc(OS(=O)(=O)c2ccc(N3CCN(C)C3=O)cc2)c(C)c1. The number of anilines is 1. The van der Waals surface area contributed by atoms with E-state index in [-0.39, 0.29) is 10.9 Å². The summed E-state index contributed by atoms with van der Waals surface area (Å²) in [5.41, 5.74) is 2.46. The smallest absolute Gasteiger partial charge is 0.339 e. The standard InChI is InChI=1S/C18H20N2O4S/c1-13-4-9-17(14(2)12-13)24-25(22,23)16-7-5-15(6-8-16)20-11-10-19(3)18(20)21/h4-9,12H,10-11H2,1-3H3. The molecule has 2 amide bonds. The molecule has 25 heavy (non-hydrogen) atoms. The van der Waals surface area contributed by atoms with Gasteiger partial charge < -0.3 is 9.08 Å². The van der Waals surface area contributed by atoms with Crippen molar-refractivity contribution in [3.05, 3.63) is 53.6 Å². The Balaban J connectivity index is 1.82. The molecule has 1 saturated heterocycles. The van der Waals surface area contributed by atoms with Gasteiger partial charge in [-0.05, 0) is 49.7 Å². The number of likely N-dealkylation sites (N-methyl/N-ethyl adjacent to an activating group) is 1. The van der Waals surface area contributed by atoms with Crippen LogP contribution in [-0.2, 0) is 10.1 Å². The summed E-state index contributed by atoms with van der Waals surface area (Å²) in [5, 5.41) is 0. The lowest BCUT2D eigenvalue weighted by Crippen LogP contribution is -2.29. The Morgan fingerprint density at radius 3 is 2.24 bits per heavy atom. The fourth-order valence-corrected chi connectivity index (χ4v) is 3.73. The fourth-order valence-electron chi connectivity index (χ4n) is 2.74. The molecular formula is C18H20N2O4S. The highest BCUT2D eigenvalue weighted by Gasteiger charge is 2.27. The van der Waals surface area contributed by atoms with E-state index < -0.39 is 10.1 Å². The highest BCUT2D eigenvalue weighted by Crippen LogP contribution is 2.26. The first-order valence-corrected chi connectivity index (χ1v) is 9.33. The van der Waals surface area contributed by atoms with E-state index >= 15 is 0 Å². The second kappa shape index (κ2) is 6.40. The van der Waals surface area contributed by atoms with Gasteiger partial charge in [0.15, 0.2) is 0 Å². The minimum atomic E-state index is -3.93. The van der Waals surface area contributed by atoms with Gasteiger partial charge in [0.2, 0.25) is 0 Å². The highest BCUT2D eigenvalue weighted by atomic mass is 32.2. The molecule has 1 aliphatic rings. The van der Waals surface area contributed by atoms with Crippen molar-refractivity contribution in [1.29, 1.82) is 0 Å². The molecule has 2 aromatic rings. The first kappa shape index (κ1) is 17.3. The molecule has 6 nitrogen and oxygen atoms in total. The van der Waals surface area contributed by atoms with Gasteiger partial charge in [-0.3, -0.25) is 4.90 Å². The molecule has 0 radical (unpaired) electrons. The van der Waals surface area contributed by atoms with Gasteiger partial charge in [-0.15, -0.1) is 0 Å². The van der Waals surface area contributed by atoms with E-state index in [0.29, 0.717) is 24.5 Å². The van der Waals surface area contributed by atoms with Crippen LogP contribution in [0.2, 0.25) is 0 Å². The Morgan fingerprint density at radius 1 is 1.00 bits per heavy atom. The number of carbonyl (C=O) groups is 1. The maximum absolute atomic E-state index is 12.5. The zero-order chi connectivity index (χ0) is 18.2. The van der Waals surface area contributed by atoms with Gasteiger partial charge in [0.1, 0.15) is 10.6 Å². The molecule has 0 saturated carbocycles. The maximum atomic E-state index is 12.5. The fraction of sp³-hybridized carbons (Fsp3) is 0.278. The van der Waals surface area contributed by atoms with E-state index in [1.165, 1.54) is 12.1 Å². The van der Waals surface area contributed by atoms with Gasteiger partial charge in [-0.25, -0.2) is 4.79 Å². The lowest BCUT2D eigenvalue weighted by atomic mass is 10.1. The lowest BCUT2D eigenvalue weighted by Gasteiger charge is -2.16. The van der Waals surface area contributed by atoms with Gasteiger partial charge in [0, 0.05) is 25.8 Å². The molecule has 132 valence electrons. The average Bonchev–Trinajstić information content (AvgIpc) is 2.90. The summed E-state index contributed by atoms with van der Waals surface area (Å²) in [6, 6.07) is 11.4. The Morgan fingerprint density at radius 2 is 1.68 bits per heavy atom. The number of carbonyl (C=O) groups excluding carboxylic acids is 1. The Hall–Kier alpha value is -2.54. The third kappa shape index (κ3) is 3.46. The molecule has 1 heterocycles.